The quantitative estimate of drug-likeness (QED) is 0.652. The van der Waals surface area contributed by atoms with Gasteiger partial charge in [-0.1, -0.05) is 28.1 Å². The Morgan fingerprint density at radius 1 is 1.55 bits per heavy atom. The average Bonchev–Trinajstić information content (AvgIpc) is 1.98. The molecule has 11 heavy (non-hydrogen) atoms. The normalized spacial score (nSPS) is 26.0. The van der Waals surface area contributed by atoms with Crippen LogP contribution in [-0.4, -0.2) is 11.0 Å². The van der Waals surface area contributed by atoms with Crippen LogP contribution in [0.25, 0.3) is 0 Å². The third kappa shape index (κ3) is 3.34. The van der Waals surface area contributed by atoms with Crippen LogP contribution in [0.5, 0.6) is 0 Å². The van der Waals surface area contributed by atoms with Crippen molar-refractivity contribution in [3.8, 4) is 0 Å². The van der Waals surface area contributed by atoms with Gasteiger partial charge in [-0.15, -0.1) is 0 Å². The second-order valence-electron chi connectivity index (χ2n) is 2.28. The highest BCUT2D eigenvalue weighted by Gasteiger charge is 1.96. The molecule has 3 heteroatoms. The first kappa shape index (κ1) is 9.20. The summed E-state index contributed by atoms with van der Waals surface area (Å²) in [6.45, 7) is 0. The van der Waals surface area contributed by atoms with Gasteiger partial charge >= 0.3 is 0 Å². The number of aliphatic imine (C=N–C) groups is 1. The summed E-state index contributed by atoms with van der Waals surface area (Å²) in [5.74, 6) is 0. The fourth-order valence-electron chi connectivity index (χ4n) is 0.808. The standard InChI is InChI=1S/C8H9Br2N/c9-5-8-4-2-1-3-7(10)6-11-8/h1,3,6H,2,4-5H2/b3-1-,7-6+,11-8?. The summed E-state index contributed by atoms with van der Waals surface area (Å²) in [5.41, 5.74) is 1.20. The van der Waals surface area contributed by atoms with Gasteiger partial charge in [-0.25, -0.2) is 0 Å². The van der Waals surface area contributed by atoms with Crippen LogP contribution in [0.2, 0.25) is 0 Å². The maximum atomic E-state index is 4.29. The molecule has 1 aliphatic heterocycles. The summed E-state index contributed by atoms with van der Waals surface area (Å²) in [5, 5.41) is 0.873. The highest BCUT2D eigenvalue weighted by Crippen LogP contribution is 2.11. The molecule has 0 aromatic heterocycles. The second kappa shape index (κ2) is 4.88. The summed E-state index contributed by atoms with van der Waals surface area (Å²) in [4.78, 5) is 4.29. The number of nitrogens with zero attached hydrogens (tertiary/aromatic N) is 1. The van der Waals surface area contributed by atoms with Crippen molar-refractivity contribution in [2.75, 3.05) is 5.33 Å². The largest absolute Gasteiger partial charge is 0.264 e. The van der Waals surface area contributed by atoms with E-state index in [9.17, 15) is 0 Å². The molecule has 60 valence electrons. The van der Waals surface area contributed by atoms with Gasteiger partial charge in [0.2, 0.25) is 0 Å². The van der Waals surface area contributed by atoms with E-state index in [0.29, 0.717) is 0 Å². The molecule has 0 spiro atoms. The third-order valence-electron chi connectivity index (χ3n) is 1.40. The zero-order chi connectivity index (χ0) is 8.10. The van der Waals surface area contributed by atoms with Gasteiger partial charge in [-0.3, -0.25) is 4.99 Å². The zero-order valence-electron chi connectivity index (χ0n) is 6.06. The Morgan fingerprint density at radius 2 is 2.36 bits per heavy atom. The SMILES string of the molecule is BrCC1=N/C=C(Br)\C=C/CC1. The molecule has 1 nitrogen and oxygen atoms in total. The van der Waals surface area contributed by atoms with E-state index in [1.165, 1.54) is 5.71 Å². The summed E-state index contributed by atoms with van der Waals surface area (Å²) in [6.07, 6.45) is 8.16. The zero-order valence-corrected chi connectivity index (χ0v) is 9.23. The molecule has 1 heterocycles. The van der Waals surface area contributed by atoms with Crippen LogP contribution in [0, 0.1) is 0 Å². The van der Waals surface area contributed by atoms with Gasteiger partial charge in [0.05, 0.1) is 0 Å². The van der Waals surface area contributed by atoms with E-state index in [1.807, 2.05) is 12.3 Å². The predicted octanol–water partition coefficient (Wildman–Crippen LogP) is 3.41. The monoisotopic (exact) mass is 277 g/mol. The minimum atomic E-state index is 0.873. The minimum absolute atomic E-state index is 0.873. The van der Waals surface area contributed by atoms with Crippen LogP contribution in [0.3, 0.4) is 0 Å². The molecule has 0 fully saturated rings. The molecule has 1 rings (SSSR count). The van der Waals surface area contributed by atoms with Crippen LogP contribution < -0.4 is 0 Å². The Morgan fingerprint density at radius 3 is 3.09 bits per heavy atom. The fourth-order valence-corrected chi connectivity index (χ4v) is 1.52. The third-order valence-corrected chi connectivity index (χ3v) is 2.52. The van der Waals surface area contributed by atoms with Gasteiger partial charge in [0.25, 0.3) is 0 Å². The minimum Gasteiger partial charge on any atom is -0.264 e. The van der Waals surface area contributed by atoms with Crippen molar-refractivity contribution in [2.24, 2.45) is 4.99 Å². The number of allylic oxidation sites excluding steroid dienone is 3. The van der Waals surface area contributed by atoms with Gasteiger partial charge in [-0.05, 0) is 28.8 Å². The van der Waals surface area contributed by atoms with E-state index in [0.717, 1.165) is 22.7 Å². The maximum absolute atomic E-state index is 4.29. The Bertz CT molecular complexity index is 216. The fraction of sp³-hybridized carbons (Fsp3) is 0.375. The smallest absolute Gasteiger partial charge is 0.0417 e. The number of hydrogen-bond acceptors (Lipinski definition) is 1. The lowest BCUT2D eigenvalue weighted by molar-refractivity contribution is 1.08. The van der Waals surface area contributed by atoms with Crippen molar-refractivity contribution in [3.05, 3.63) is 22.8 Å². The van der Waals surface area contributed by atoms with Crippen molar-refractivity contribution in [2.45, 2.75) is 12.8 Å². The first-order valence-corrected chi connectivity index (χ1v) is 5.38. The van der Waals surface area contributed by atoms with Crippen molar-refractivity contribution in [1.29, 1.82) is 0 Å². The van der Waals surface area contributed by atoms with Crippen LogP contribution in [0.4, 0.5) is 0 Å². The van der Waals surface area contributed by atoms with Gasteiger partial charge in [0.1, 0.15) is 0 Å². The predicted molar refractivity (Wildman–Crippen MR) is 56.6 cm³/mol. The van der Waals surface area contributed by atoms with Crippen LogP contribution in [0.15, 0.2) is 27.8 Å². The first-order chi connectivity index (χ1) is 5.33. The van der Waals surface area contributed by atoms with Crippen LogP contribution in [-0.2, 0) is 0 Å². The first-order valence-electron chi connectivity index (χ1n) is 3.46. The molecule has 1 aliphatic rings. The van der Waals surface area contributed by atoms with Gasteiger partial charge < -0.3 is 0 Å². The van der Waals surface area contributed by atoms with Crippen molar-refractivity contribution < 1.29 is 0 Å². The number of rotatable bonds is 1. The molecular weight excluding hydrogens is 270 g/mol. The van der Waals surface area contributed by atoms with E-state index in [-0.39, 0.29) is 0 Å². The Kier molecular flexibility index (Phi) is 4.08. The number of hydrogen-bond donors (Lipinski definition) is 0. The van der Waals surface area contributed by atoms with Crippen molar-refractivity contribution in [1.82, 2.24) is 0 Å². The van der Waals surface area contributed by atoms with Gasteiger partial charge in [0, 0.05) is 21.7 Å². The van der Waals surface area contributed by atoms with Crippen LogP contribution in [0.1, 0.15) is 12.8 Å². The molecular formula is C8H9Br2N. The molecule has 0 aromatic rings. The molecule has 0 atom stereocenters. The number of alkyl halides is 1. The van der Waals surface area contributed by atoms with E-state index in [4.69, 9.17) is 0 Å². The molecule has 0 amide bonds. The molecule has 0 radical (unpaired) electrons. The molecule has 0 aliphatic carbocycles. The highest BCUT2D eigenvalue weighted by molar-refractivity contribution is 9.11. The molecule has 0 N–H and O–H groups in total. The van der Waals surface area contributed by atoms with Gasteiger partial charge in [0.15, 0.2) is 0 Å². The average molecular weight is 279 g/mol. The topological polar surface area (TPSA) is 12.4 Å². The van der Waals surface area contributed by atoms with E-state index in [1.54, 1.807) is 0 Å². The van der Waals surface area contributed by atoms with E-state index >= 15 is 0 Å². The van der Waals surface area contributed by atoms with Crippen molar-refractivity contribution >= 4 is 37.6 Å². The second-order valence-corrected chi connectivity index (χ2v) is 3.76. The molecule has 0 unspecified atom stereocenters. The summed E-state index contributed by atoms with van der Waals surface area (Å²) in [7, 11) is 0. The summed E-state index contributed by atoms with van der Waals surface area (Å²) in [6, 6.07) is 0. The van der Waals surface area contributed by atoms with E-state index in [2.05, 4.69) is 42.9 Å². The highest BCUT2D eigenvalue weighted by atomic mass is 79.9. The molecule has 0 aromatic carbocycles. The summed E-state index contributed by atoms with van der Waals surface area (Å²) < 4.78 is 1.04. The Labute approximate surface area is 83.5 Å². The lowest BCUT2D eigenvalue weighted by Crippen LogP contribution is -1.98. The molecule has 0 saturated carbocycles. The molecule has 0 bridgehead atoms. The number of halogens is 2. The van der Waals surface area contributed by atoms with Crippen molar-refractivity contribution in [3.63, 3.8) is 0 Å². The lowest BCUT2D eigenvalue weighted by Gasteiger charge is -2.00. The Hall–Kier alpha value is 0.110. The molecule has 0 saturated heterocycles. The van der Waals surface area contributed by atoms with E-state index < -0.39 is 0 Å². The summed E-state index contributed by atoms with van der Waals surface area (Å²) >= 11 is 6.77. The lowest BCUT2D eigenvalue weighted by atomic mass is 10.2. The van der Waals surface area contributed by atoms with Crippen LogP contribution >= 0.6 is 31.9 Å². The Balaban J connectivity index is 2.72. The van der Waals surface area contributed by atoms with Gasteiger partial charge in [-0.2, -0.15) is 0 Å². The maximum Gasteiger partial charge on any atom is 0.0417 e.